The van der Waals surface area contributed by atoms with Gasteiger partial charge >= 0.3 is 0 Å². The number of hydrogen-bond acceptors (Lipinski definition) is 3. The number of benzene rings is 1. The van der Waals surface area contributed by atoms with Gasteiger partial charge in [0.15, 0.2) is 0 Å². The van der Waals surface area contributed by atoms with Gasteiger partial charge in [0.05, 0.1) is 5.92 Å². The van der Waals surface area contributed by atoms with Gasteiger partial charge in [-0.05, 0) is 37.8 Å². The SMILES string of the molecule is CC1(NC(=O)C2CCNc3ccccc32)CCOCC1. The summed E-state index contributed by atoms with van der Waals surface area (Å²) in [5.74, 6) is 0.121. The normalized spacial score (nSPS) is 24.4. The second kappa shape index (κ2) is 5.44. The van der Waals surface area contributed by atoms with Gasteiger partial charge in [0.2, 0.25) is 5.91 Å². The number of rotatable bonds is 2. The predicted octanol–water partition coefficient (Wildman–Crippen LogP) is 2.27. The van der Waals surface area contributed by atoms with Crippen molar-refractivity contribution in [2.24, 2.45) is 0 Å². The van der Waals surface area contributed by atoms with Crippen molar-refractivity contribution in [3.8, 4) is 0 Å². The van der Waals surface area contributed by atoms with Crippen molar-refractivity contribution in [1.29, 1.82) is 0 Å². The molecule has 2 heterocycles. The van der Waals surface area contributed by atoms with Gasteiger partial charge < -0.3 is 15.4 Å². The van der Waals surface area contributed by atoms with Crippen LogP contribution >= 0.6 is 0 Å². The molecule has 0 saturated carbocycles. The lowest BCUT2D eigenvalue weighted by molar-refractivity contribution is -0.125. The average Bonchev–Trinajstić information content (AvgIpc) is 2.47. The van der Waals surface area contributed by atoms with E-state index in [1.54, 1.807) is 0 Å². The third-order valence-corrected chi connectivity index (χ3v) is 4.42. The molecule has 1 saturated heterocycles. The standard InChI is InChI=1S/C16H22N2O2/c1-16(7-10-20-11-8-16)18-15(19)13-6-9-17-14-5-3-2-4-12(13)14/h2-5,13,17H,6-11H2,1H3,(H,18,19). The zero-order valence-electron chi connectivity index (χ0n) is 11.9. The molecule has 1 fully saturated rings. The van der Waals surface area contributed by atoms with E-state index < -0.39 is 0 Å². The Hall–Kier alpha value is -1.55. The molecule has 0 aromatic heterocycles. The van der Waals surface area contributed by atoms with Crippen LogP contribution in [0.1, 0.15) is 37.7 Å². The van der Waals surface area contributed by atoms with Gasteiger partial charge in [0.25, 0.3) is 0 Å². The zero-order valence-corrected chi connectivity index (χ0v) is 11.9. The monoisotopic (exact) mass is 274 g/mol. The van der Waals surface area contributed by atoms with Gasteiger partial charge in [-0.2, -0.15) is 0 Å². The maximum absolute atomic E-state index is 12.7. The van der Waals surface area contributed by atoms with Gasteiger partial charge in [-0.3, -0.25) is 4.79 Å². The summed E-state index contributed by atoms with van der Waals surface area (Å²) in [6.07, 6.45) is 2.64. The highest BCUT2D eigenvalue weighted by atomic mass is 16.5. The molecular weight excluding hydrogens is 252 g/mol. The number of para-hydroxylation sites is 1. The molecule has 20 heavy (non-hydrogen) atoms. The lowest BCUT2D eigenvalue weighted by Gasteiger charge is -2.36. The van der Waals surface area contributed by atoms with E-state index in [-0.39, 0.29) is 17.4 Å². The largest absolute Gasteiger partial charge is 0.385 e. The van der Waals surface area contributed by atoms with E-state index >= 15 is 0 Å². The molecule has 1 unspecified atom stereocenters. The number of fused-ring (bicyclic) bond motifs is 1. The van der Waals surface area contributed by atoms with Crippen LogP contribution in [0.3, 0.4) is 0 Å². The number of anilines is 1. The summed E-state index contributed by atoms with van der Waals surface area (Å²) in [4.78, 5) is 12.7. The minimum atomic E-state index is -0.116. The minimum Gasteiger partial charge on any atom is -0.385 e. The molecular formula is C16H22N2O2. The summed E-state index contributed by atoms with van der Waals surface area (Å²) in [5, 5.41) is 6.62. The highest BCUT2D eigenvalue weighted by molar-refractivity contribution is 5.86. The fourth-order valence-electron chi connectivity index (χ4n) is 3.07. The van der Waals surface area contributed by atoms with Crippen LogP contribution in [0, 0.1) is 0 Å². The molecule has 1 aromatic carbocycles. The van der Waals surface area contributed by atoms with E-state index in [1.807, 2.05) is 18.2 Å². The van der Waals surface area contributed by atoms with Crippen molar-refractivity contribution in [3.63, 3.8) is 0 Å². The Kier molecular flexibility index (Phi) is 3.66. The Labute approximate surface area is 119 Å². The van der Waals surface area contributed by atoms with Crippen molar-refractivity contribution in [1.82, 2.24) is 5.32 Å². The lowest BCUT2D eigenvalue weighted by Crippen LogP contribution is -2.51. The zero-order chi connectivity index (χ0) is 14.0. The summed E-state index contributed by atoms with van der Waals surface area (Å²) in [7, 11) is 0. The molecule has 4 heteroatoms. The van der Waals surface area contributed by atoms with Crippen molar-refractivity contribution < 1.29 is 9.53 Å². The number of hydrogen-bond donors (Lipinski definition) is 2. The van der Waals surface area contributed by atoms with Crippen LogP contribution in [0.15, 0.2) is 24.3 Å². The van der Waals surface area contributed by atoms with Crippen LogP contribution in [0.2, 0.25) is 0 Å². The van der Waals surface area contributed by atoms with Gasteiger partial charge in [-0.1, -0.05) is 18.2 Å². The first-order chi connectivity index (χ1) is 9.68. The summed E-state index contributed by atoms with van der Waals surface area (Å²) in [5.41, 5.74) is 2.10. The Bertz CT molecular complexity index is 495. The van der Waals surface area contributed by atoms with Crippen LogP contribution < -0.4 is 10.6 Å². The molecule has 0 aliphatic carbocycles. The van der Waals surface area contributed by atoms with Crippen molar-refractivity contribution in [2.75, 3.05) is 25.1 Å². The molecule has 108 valence electrons. The van der Waals surface area contributed by atoms with Crippen molar-refractivity contribution >= 4 is 11.6 Å². The van der Waals surface area contributed by atoms with Gasteiger partial charge in [-0.25, -0.2) is 0 Å². The van der Waals surface area contributed by atoms with Crippen LogP contribution in [-0.2, 0) is 9.53 Å². The van der Waals surface area contributed by atoms with E-state index in [2.05, 4.69) is 23.6 Å². The molecule has 0 radical (unpaired) electrons. The fraction of sp³-hybridized carbons (Fsp3) is 0.562. The molecule has 0 bridgehead atoms. The first-order valence-electron chi connectivity index (χ1n) is 7.41. The van der Waals surface area contributed by atoms with Crippen LogP contribution in [-0.4, -0.2) is 31.2 Å². The molecule has 0 spiro atoms. The van der Waals surface area contributed by atoms with E-state index in [0.29, 0.717) is 0 Å². The Balaban J connectivity index is 1.75. The highest BCUT2D eigenvalue weighted by Gasteiger charge is 2.33. The van der Waals surface area contributed by atoms with Crippen LogP contribution in [0.5, 0.6) is 0 Å². The number of ether oxygens (including phenoxy) is 1. The fourth-order valence-corrected chi connectivity index (χ4v) is 3.07. The molecule has 1 amide bonds. The van der Waals surface area contributed by atoms with Gasteiger partial charge in [0, 0.05) is 31.0 Å². The highest BCUT2D eigenvalue weighted by Crippen LogP contribution is 2.32. The Morgan fingerprint density at radius 1 is 1.35 bits per heavy atom. The van der Waals surface area contributed by atoms with Crippen LogP contribution in [0.25, 0.3) is 0 Å². The smallest absolute Gasteiger partial charge is 0.228 e. The molecule has 3 rings (SSSR count). The molecule has 1 aromatic rings. The minimum absolute atomic E-state index is 0.0351. The second-order valence-electron chi connectivity index (χ2n) is 6.02. The maximum Gasteiger partial charge on any atom is 0.228 e. The van der Waals surface area contributed by atoms with Gasteiger partial charge in [0.1, 0.15) is 0 Å². The Morgan fingerprint density at radius 2 is 2.10 bits per heavy atom. The van der Waals surface area contributed by atoms with E-state index in [1.165, 1.54) is 0 Å². The summed E-state index contributed by atoms with van der Waals surface area (Å²) < 4.78 is 5.39. The summed E-state index contributed by atoms with van der Waals surface area (Å²) >= 11 is 0. The van der Waals surface area contributed by atoms with Crippen molar-refractivity contribution in [3.05, 3.63) is 29.8 Å². The third-order valence-electron chi connectivity index (χ3n) is 4.42. The van der Waals surface area contributed by atoms with Gasteiger partial charge in [-0.15, -0.1) is 0 Å². The Morgan fingerprint density at radius 3 is 2.90 bits per heavy atom. The predicted molar refractivity (Wildman–Crippen MR) is 78.9 cm³/mol. The summed E-state index contributed by atoms with van der Waals surface area (Å²) in [6, 6.07) is 8.11. The molecule has 4 nitrogen and oxygen atoms in total. The first kappa shape index (κ1) is 13.4. The second-order valence-corrected chi connectivity index (χ2v) is 6.02. The maximum atomic E-state index is 12.7. The molecule has 2 aliphatic rings. The topological polar surface area (TPSA) is 50.4 Å². The molecule has 1 atom stereocenters. The quantitative estimate of drug-likeness (QED) is 0.870. The average molecular weight is 274 g/mol. The van der Waals surface area contributed by atoms with Crippen molar-refractivity contribution in [2.45, 2.75) is 37.6 Å². The van der Waals surface area contributed by atoms with E-state index in [9.17, 15) is 4.79 Å². The van der Waals surface area contributed by atoms with Crippen LogP contribution in [0.4, 0.5) is 5.69 Å². The number of carbonyl (C=O) groups excluding carboxylic acids is 1. The summed E-state index contributed by atoms with van der Waals surface area (Å²) in [6.45, 7) is 4.45. The third kappa shape index (κ3) is 2.66. The number of amides is 1. The number of nitrogens with one attached hydrogen (secondary N) is 2. The molecule has 2 N–H and O–H groups in total. The van der Waals surface area contributed by atoms with E-state index in [0.717, 1.165) is 50.3 Å². The number of carbonyl (C=O) groups is 1. The lowest BCUT2D eigenvalue weighted by atomic mass is 9.87. The molecule has 2 aliphatic heterocycles. The first-order valence-corrected chi connectivity index (χ1v) is 7.41. The van der Waals surface area contributed by atoms with E-state index in [4.69, 9.17) is 4.74 Å².